The standard InChI is InChI=1S/C24H20BN4/c1-3-7-19(8-4-1)21-11-13-23(26-17-21)28-15-16-29(25-28)24-14-12-22(18-27-24)20-9-5-2-6-10-20/h1-14,17-18H,15-16H2. The van der Waals surface area contributed by atoms with Crippen LogP contribution in [0.1, 0.15) is 0 Å². The van der Waals surface area contributed by atoms with E-state index in [0.29, 0.717) is 0 Å². The highest BCUT2D eigenvalue weighted by molar-refractivity contribution is 6.47. The Morgan fingerprint density at radius 1 is 0.517 bits per heavy atom. The van der Waals surface area contributed by atoms with Gasteiger partial charge < -0.3 is 9.62 Å². The van der Waals surface area contributed by atoms with Gasteiger partial charge in [0.2, 0.25) is 0 Å². The van der Waals surface area contributed by atoms with Crippen LogP contribution in [0.4, 0.5) is 11.6 Å². The molecule has 5 rings (SSSR count). The molecule has 3 heterocycles. The third-order valence-corrected chi connectivity index (χ3v) is 5.16. The highest BCUT2D eigenvalue weighted by atomic mass is 15.3. The summed E-state index contributed by atoms with van der Waals surface area (Å²) < 4.78 is 0. The topological polar surface area (TPSA) is 32.3 Å². The smallest absolute Gasteiger partial charge is 0.382 e. The lowest BCUT2D eigenvalue weighted by Crippen LogP contribution is -2.30. The van der Waals surface area contributed by atoms with Gasteiger partial charge in [-0.3, -0.25) is 0 Å². The van der Waals surface area contributed by atoms with E-state index in [1.807, 2.05) is 48.8 Å². The normalized spacial score (nSPS) is 13.4. The first-order chi connectivity index (χ1) is 14.4. The SMILES string of the molecule is [B]1N(c2ccc(-c3ccccc3)cn2)CCN1c1ccc(-c2ccccc2)cn1. The minimum atomic E-state index is 0.889. The Hall–Kier alpha value is -3.60. The average Bonchev–Trinajstić information content (AvgIpc) is 3.31. The van der Waals surface area contributed by atoms with Gasteiger partial charge in [0.05, 0.1) is 0 Å². The second kappa shape index (κ2) is 7.80. The molecular formula is C24H20BN4. The van der Waals surface area contributed by atoms with E-state index in [4.69, 9.17) is 0 Å². The first-order valence-corrected chi connectivity index (χ1v) is 9.78. The fourth-order valence-corrected chi connectivity index (χ4v) is 3.56. The summed E-state index contributed by atoms with van der Waals surface area (Å²) in [7, 11) is 2.09. The van der Waals surface area contributed by atoms with Gasteiger partial charge in [0.25, 0.3) is 0 Å². The van der Waals surface area contributed by atoms with Crippen molar-refractivity contribution in [2.75, 3.05) is 22.7 Å². The first-order valence-electron chi connectivity index (χ1n) is 9.78. The van der Waals surface area contributed by atoms with Crippen molar-refractivity contribution in [1.82, 2.24) is 9.97 Å². The van der Waals surface area contributed by atoms with E-state index in [-0.39, 0.29) is 0 Å². The quantitative estimate of drug-likeness (QED) is 0.485. The van der Waals surface area contributed by atoms with E-state index in [0.717, 1.165) is 35.9 Å². The highest BCUT2D eigenvalue weighted by Gasteiger charge is 2.25. The largest absolute Gasteiger partial charge is 0.394 e. The third kappa shape index (κ3) is 3.72. The van der Waals surface area contributed by atoms with Gasteiger partial charge in [0, 0.05) is 36.6 Å². The van der Waals surface area contributed by atoms with Crippen LogP contribution in [-0.2, 0) is 0 Å². The predicted molar refractivity (Wildman–Crippen MR) is 120 cm³/mol. The Labute approximate surface area is 171 Å². The second-order valence-corrected chi connectivity index (χ2v) is 7.04. The zero-order chi connectivity index (χ0) is 19.5. The summed E-state index contributed by atoms with van der Waals surface area (Å²) in [5, 5.41) is 0. The molecule has 5 heteroatoms. The number of pyridine rings is 2. The lowest BCUT2D eigenvalue weighted by Gasteiger charge is -2.18. The maximum absolute atomic E-state index is 4.67. The molecule has 1 fully saturated rings. The molecule has 139 valence electrons. The molecule has 4 nitrogen and oxygen atoms in total. The van der Waals surface area contributed by atoms with Gasteiger partial charge in [0.1, 0.15) is 11.6 Å². The third-order valence-electron chi connectivity index (χ3n) is 5.16. The zero-order valence-corrected chi connectivity index (χ0v) is 16.0. The highest BCUT2D eigenvalue weighted by Crippen LogP contribution is 2.24. The van der Waals surface area contributed by atoms with Gasteiger partial charge >= 0.3 is 7.55 Å². The van der Waals surface area contributed by atoms with Gasteiger partial charge in [-0.15, -0.1) is 0 Å². The van der Waals surface area contributed by atoms with Crippen molar-refractivity contribution in [1.29, 1.82) is 0 Å². The molecule has 0 amide bonds. The average molecular weight is 375 g/mol. The Morgan fingerprint density at radius 2 is 0.966 bits per heavy atom. The molecule has 0 bridgehead atoms. The first kappa shape index (κ1) is 17.5. The molecule has 0 aliphatic carbocycles. The molecule has 1 aliphatic rings. The summed E-state index contributed by atoms with van der Waals surface area (Å²) in [5.41, 5.74) is 4.62. The lowest BCUT2D eigenvalue weighted by molar-refractivity contribution is 0.994. The summed E-state index contributed by atoms with van der Waals surface area (Å²) in [6.07, 6.45) is 3.88. The summed E-state index contributed by atoms with van der Waals surface area (Å²) in [6, 6.07) is 29.1. The van der Waals surface area contributed by atoms with Crippen LogP contribution in [0.2, 0.25) is 0 Å². The zero-order valence-electron chi connectivity index (χ0n) is 16.0. The van der Waals surface area contributed by atoms with Crippen LogP contribution in [0.15, 0.2) is 97.3 Å². The summed E-state index contributed by atoms with van der Waals surface area (Å²) in [4.78, 5) is 13.7. The van der Waals surface area contributed by atoms with Crippen molar-refractivity contribution in [3.8, 4) is 22.3 Å². The van der Waals surface area contributed by atoms with Gasteiger partial charge in [-0.1, -0.05) is 60.7 Å². The van der Waals surface area contributed by atoms with E-state index in [9.17, 15) is 0 Å². The number of anilines is 2. The van der Waals surface area contributed by atoms with E-state index in [2.05, 4.69) is 75.7 Å². The second-order valence-electron chi connectivity index (χ2n) is 7.04. The lowest BCUT2D eigenvalue weighted by atomic mass is 10.1. The Morgan fingerprint density at radius 3 is 1.34 bits per heavy atom. The van der Waals surface area contributed by atoms with Crippen molar-refractivity contribution in [2.24, 2.45) is 0 Å². The van der Waals surface area contributed by atoms with Crippen LogP contribution in [0, 0.1) is 0 Å². The fraction of sp³-hybridized carbons (Fsp3) is 0.0833. The minimum Gasteiger partial charge on any atom is -0.382 e. The predicted octanol–water partition coefficient (Wildman–Crippen LogP) is 4.67. The van der Waals surface area contributed by atoms with E-state index >= 15 is 0 Å². The molecule has 1 radical (unpaired) electrons. The molecular weight excluding hydrogens is 355 g/mol. The summed E-state index contributed by atoms with van der Waals surface area (Å²) in [5.74, 6) is 1.90. The molecule has 0 unspecified atom stereocenters. The molecule has 1 aliphatic heterocycles. The summed E-state index contributed by atoms with van der Waals surface area (Å²) in [6.45, 7) is 1.78. The van der Waals surface area contributed by atoms with Crippen LogP contribution in [-0.4, -0.2) is 30.6 Å². The van der Waals surface area contributed by atoms with E-state index in [1.165, 1.54) is 11.1 Å². The Kier molecular flexibility index (Phi) is 4.71. The number of rotatable bonds is 4. The molecule has 0 saturated carbocycles. The van der Waals surface area contributed by atoms with Crippen molar-refractivity contribution < 1.29 is 0 Å². The van der Waals surface area contributed by atoms with Gasteiger partial charge in [0.15, 0.2) is 0 Å². The minimum absolute atomic E-state index is 0.889. The Bertz CT molecular complexity index is 978. The van der Waals surface area contributed by atoms with Gasteiger partial charge in [-0.05, 0) is 35.4 Å². The van der Waals surface area contributed by atoms with Crippen molar-refractivity contribution >= 4 is 19.2 Å². The maximum Gasteiger partial charge on any atom is 0.394 e. The van der Waals surface area contributed by atoms with Crippen LogP contribution < -0.4 is 9.62 Å². The molecule has 1 saturated heterocycles. The monoisotopic (exact) mass is 375 g/mol. The van der Waals surface area contributed by atoms with E-state index < -0.39 is 0 Å². The molecule has 4 aromatic rings. The van der Waals surface area contributed by atoms with Crippen LogP contribution in [0.25, 0.3) is 22.3 Å². The molecule has 2 aromatic heterocycles. The molecule has 0 spiro atoms. The molecule has 2 aromatic carbocycles. The molecule has 29 heavy (non-hydrogen) atoms. The van der Waals surface area contributed by atoms with Gasteiger partial charge in [-0.2, -0.15) is 0 Å². The van der Waals surface area contributed by atoms with Crippen LogP contribution in [0.5, 0.6) is 0 Å². The van der Waals surface area contributed by atoms with Crippen LogP contribution in [0.3, 0.4) is 0 Å². The number of benzene rings is 2. The van der Waals surface area contributed by atoms with Gasteiger partial charge in [-0.25, -0.2) is 9.97 Å². The maximum atomic E-state index is 4.67. The number of nitrogens with zero attached hydrogens (tertiary/aromatic N) is 4. The van der Waals surface area contributed by atoms with Crippen molar-refractivity contribution in [3.63, 3.8) is 0 Å². The number of hydrogen-bond donors (Lipinski definition) is 0. The number of hydrogen-bond acceptors (Lipinski definition) is 4. The van der Waals surface area contributed by atoms with Crippen molar-refractivity contribution in [2.45, 2.75) is 0 Å². The molecule has 0 N–H and O–H groups in total. The summed E-state index contributed by atoms with van der Waals surface area (Å²) >= 11 is 0. The molecule has 0 atom stereocenters. The van der Waals surface area contributed by atoms with Crippen molar-refractivity contribution in [3.05, 3.63) is 97.3 Å². The van der Waals surface area contributed by atoms with Crippen LogP contribution >= 0.6 is 0 Å². The van der Waals surface area contributed by atoms with E-state index in [1.54, 1.807) is 0 Å². The number of aromatic nitrogens is 2. The fourth-order valence-electron chi connectivity index (χ4n) is 3.56. The Balaban J connectivity index is 1.28.